The Morgan fingerprint density at radius 2 is 1.92 bits per heavy atom. The van der Waals surface area contributed by atoms with Crippen molar-refractivity contribution in [2.75, 3.05) is 38.4 Å². The van der Waals surface area contributed by atoms with Crippen molar-refractivity contribution < 1.29 is 8.42 Å². The topological polar surface area (TPSA) is 40.6 Å². The molecule has 78 valence electrons. The zero-order chi connectivity index (χ0) is 9.90. The van der Waals surface area contributed by atoms with Crippen molar-refractivity contribution in [2.45, 2.75) is 6.42 Å². The van der Waals surface area contributed by atoms with E-state index in [0.29, 0.717) is 13.1 Å². The van der Waals surface area contributed by atoms with Gasteiger partial charge in [-0.05, 0) is 20.0 Å². The van der Waals surface area contributed by atoms with Gasteiger partial charge in [0, 0.05) is 19.6 Å². The van der Waals surface area contributed by atoms with Gasteiger partial charge >= 0.3 is 0 Å². The monoisotopic (exact) mass is 226 g/mol. The fraction of sp³-hybridized carbons (Fsp3) is 1.00. The van der Waals surface area contributed by atoms with Crippen LogP contribution in [0.25, 0.3) is 0 Å². The first-order valence-corrected chi connectivity index (χ1v) is 6.43. The van der Waals surface area contributed by atoms with Crippen molar-refractivity contribution >= 4 is 21.6 Å². The lowest BCUT2D eigenvalue weighted by Crippen LogP contribution is -2.35. The molecule has 0 atom stereocenters. The molecule has 0 radical (unpaired) electrons. The molecule has 1 fully saturated rings. The highest BCUT2D eigenvalue weighted by Crippen LogP contribution is 2.08. The standard InChI is InChI=1S/C7H15ClN2O2S/c1-9-3-2-4-10(6-5-9)13(11,12)7-8/h2-7H2,1H3. The van der Waals surface area contributed by atoms with Crippen LogP contribution in [0.3, 0.4) is 0 Å². The van der Waals surface area contributed by atoms with Crippen LogP contribution in [0.5, 0.6) is 0 Å². The molecule has 0 bridgehead atoms. The van der Waals surface area contributed by atoms with Crippen LogP contribution >= 0.6 is 11.6 Å². The molecule has 1 saturated heterocycles. The van der Waals surface area contributed by atoms with Crippen molar-refractivity contribution in [3.05, 3.63) is 0 Å². The van der Waals surface area contributed by atoms with Crippen molar-refractivity contribution in [3.63, 3.8) is 0 Å². The zero-order valence-corrected chi connectivity index (χ0v) is 9.31. The number of rotatable bonds is 2. The maximum absolute atomic E-state index is 11.4. The average molecular weight is 227 g/mol. The second kappa shape index (κ2) is 4.59. The summed E-state index contributed by atoms with van der Waals surface area (Å²) in [6.07, 6.45) is 0.882. The largest absolute Gasteiger partial charge is 0.305 e. The van der Waals surface area contributed by atoms with Gasteiger partial charge in [0.2, 0.25) is 10.0 Å². The summed E-state index contributed by atoms with van der Waals surface area (Å²) < 4.78 is 24.3. The van der Waals surface area contributed by atoms with Gasteiger partial charge in [-0.15, -0.1) is 11.6 Å². The molecule has 13 heavy (non-hydrogen) atoms. The van der Waals surface area contributed by atoms with Gasteiger partial charge in [-0.25, -0.2) is 8.42 Å². The molecule has 6 heteroatoms. The van der Waals surface area contributed by atoms with E-state index < -0.39 is 10.0 Å². The molecule has 0 spiro atoms. The molecule has 0 aromatic carbocycles. The number of likely N-dealkylation sites (N-methyl/N-ethyl adjacent to an activating group) is 1. The first-order chi connectivity index (χ1) is 6.06. The van der Waals surface area contributed by atoms with Gasteiger partial charge in [-0.1, -0.05) is 0 Å². The van der Waals surface area contributed by atoms with Crippen LogP contribution in [0.4, 0.5) is 0 Å². The molecule has 0 aliphatic carbocycles. The molecular formula is C7H15ClN2O2S. The van der Waals surface area contributed by atoms with E-state index >= 15 is 0 Å². The van der Waals surface area contributed by atoms with E-state index in [4.69, 9.17) is 11.6 Å². The Bertz CT molecular complexity index is 255. The maximum Gasteiger partial charge on any atom is 0.228 e. The number of nitrogens with zero attached hydrogens (tertiary/aromatic N) is 2. The fourth-order valence-electron chi connectivity index (χ4n) is 1.37. The summed E-state index contributed by atoms with van der Waals surface area (Å²) >= 11 is 5.37. The average Bonchev–Trinajstić information content (AvgIpc) is 2.30. The normalized spacial score (nSPS) is 22.9. The summed E-state index contributed by atoms with van der Waals surface area (Å²) in [5, 5.41) is -0.309. The molecule has 0 saturated carbocycles. The molecule has 0 amide bonds. The predicted molar refractivity (Wildman–Crippen MR) is 53.3 cm³/mol. The second-order valence-corrected chi connectivity index (χ2v) is 5.83. The second-order valence-electron chi connectivity index (χ2n) is 3.28. The van der Waals surface area contributed by atoms with Gasteiger partial charge in [0.1, 0.15) is 5.21 Å². The van der Waals surface area contributed by atoms with E-state index in [1.54, 1.807) is 0 Å². The van der Waals surface area contributed by atoms with Crippen LogP contribution in [0.1, 0.15) is 6.42 Å². The summed E-state index contributed by atoms with van der Waals surface area (Å²) in [4.78, 5) is 2.13. The van der Waals surface area contributed by atoms with Crippen LogP contribution in [0.15, 0.2) is 0 Å². The number of hydrogen-bond donors (Lipinski definition) is 0. The van der Waals surface area contributed by atoms with Crippen molar-refractivity contribution in [3.8, 4) is 0 Å². The number of sulfonamides is 1. The summed E-state index contributed by atoms with van der Waals surface area (Å²) in [5.41, 5.74) is 0. The number of halogens is 1. The Kier molecular flexibility index (Phi) is 3.97. The van der Waals surface area contributed by atoms with E-state index in [1.165, 1.54) is 4.31 Å². The molecular weight excluding hydrogens is 212 g/mol. The molecule has 1 heterocycles. The SMILES string of the molecule is CN1CCCN(S(=O)(=O)CCl)CC1. The Morgan fingerprint density at radius 1 is 1.23 bits per heavy atom. The van der Waals surface area contributed by atoms with Gasteiger partial charge in [0.15, 0.2) is 0 Å². The van der Waals surface area contributed by atoms with E-state index in [1.807, 2.05) is 7.05 Å². The highest BCUT2D eigenvalue weighted by molar-refractivity contribution is 7.90. The Labute approximate surface area is 84.5 Å². The van der Waals surface area contributed by atoms with Gasteiger partial charge in [-0.2, -0.15) is 4.31 Å². The maximum atomic E-state index is 11.4. The van der Waals surface area contributed by atoms with Gasteiger partial charge in [-0.3, -0.25) is 0 Å². The number of hydrogen-bond acceptors (Lipinski definition) is 3. The minimum Gasteiger partial charge on any atom is -0.305 e. The van der Waals surface area contributed by atoms with E-state index in [2.05, 4.69) is 4.90 Å². The smallest absolute Gasteiger partial charge is 0.228 e. The summed E-state index contributed by atoms with van der Waals surface area (Å²) in [5.74, 6) is 0. The lowest BCUT2D eigenvalue weighted by molar-refractivity contribution is 0.347. The summed E-state index contributed by atoms with van der Waals surface area (Å²) in [6.45, 7) is 2.90. The molecule has 0 unspecified atom stereocenters. The van der Waals surface area contributed by atoms with Gasteiger partial charge in [0.05, 0.1) is 0 Å². The van der Waals surface area contributed by atoms with Gasteiger partial charge in [0.25, 0.3) is 0 Å². The van der Waals surface area contributed by atoms with Crippen LogP contribution in [0, 0.1) is 0 Å². The molecule has 1 aliphatic heterocycles. The minimum atomic E-state index is -3.20. The highest BCUT2D eigenvalue weighted by Gasteiger charge is 2.22. The van der Waals surface area contributed by atoms with E-state index in [-0.39, 0.29) is 5.21 Å². The van der Waals surface area contributed by atoms with Crippen LogP contribution < -0.4 is 0 Å². The third kappa shape index (κ3) is 3.09. The summed E-state index contributed by atoms with van der Waals surface area (Å²) in [7, 11) is -1.20. The Morgan fingerprint density at radius 3 is 2.54 bits per heavy atom. The molecule has 0 aromatic heterocycles. The highest BCUT2D eigenvalue weighted by atomic mass is 35.5. The Balaban J connectivity index is 2.61. The predicted octanol–water partition coefficient (Wildman–Crippen LogP) is 0.150. The van der Waals surface area contributed by atoms with E-state index in [9.17, 15) is 8.42 Å². The molecule has 4 nitrogen and oxygen atoms in total. The van der Waals surface area contributed by atoms with Crippen LogP contribution in [-0.4, -0.2) is 56.1 Å². The minimum absolute atomic E-state index is 0.309. The van der Waals surface area contributed by atoms with Crippen LogP contribution in [0.2, 0.25) is 0 Å². The summed E-state index contributed by atoms with van der Waals surface area (Å²) in [6, 6.07) is 0. The third-order valence-electron chi connectivity index (χ3n) is 2.21. The first-order valence-electron chi connectivity index (χ1n) is 4.28. The lowest BCUT2D eigenvalue weighted by atomic mass is 10.4. The van der Waals surface area contributed by atoms with E-state index in [0.717, 1.165) is 19.5 Å². The number of alkyl halides is 1. The van der Waals surface area contributed by atoms with Gasteiger partial charge < -0.3 is 4.90 Å². The fourth-order valence-corrected chi connectivity index (χ4v) is 2.69. The third-order valence-corrected chi connectivity index (χ3v) is 4.46. The molecule has 0 N–H and O–H groups in total. The van der Waals surface area contributed by atoms with Crippen molar-refractivity contribution in [1.82, 2.24) is 9.21 Å². The Hall–Kier alpha value is 0.160. The lowest BCUT2D eigenvalue weighted by Gasteiger charge is -2.18. The van der Waals surface area contributed by atoms with Crippen molar-refractivity contribution in [2.24, 2.45) is 0 Å². The molecule has 0 aromatic rings. The quantitative estimate of drug-likeness (QED) is 0.630. The zero-order valence-electron chi connectivity index (χ0n) is 7.74. The molecule has 1 rings (SSSR count). The van der Waals surface area contributed by atoms with Crippen LogP contribution in [-0.2, 0) is 10.0 Å². The van der Waals surface area contributed by atoms with Crippen molar-refractivity contribution in [1.29, 1.82) is 0 Å². The first kappa shape index (κ1) is 11.2. The molecule has 1 aliphatic rings.